The molecule has 3 N–H and O–H groups in total. The number of aromatic amines is 1. The highest BCUT2D eigenvalue weighted by Crippen LogP contribution is 2.29. The molecule has 0 saturated carbocycles. The topological polar surface area (TPSA) is 108 Å². The summed E-state index contributed by atoms with van der Waals surface area (Å²) in [4.78, 5) is 30.8. The third-order valence-electron chi connectivity index (χ3n) is 4.05. The number of aryl methyl sites for hydroxylation is 1. The molecule has 0 bridgehead atoms. The summed E-state index contributed by atoms with van der Waals surface area (Å²) in [6.07, 6.45) is 1.67. The highest BCUT2D eigenvalue weighted by molar-refractivity contribution is 9.10. The lowest BCUT2D eigenvalue weighted by atomic mass is 10.1. The maximum atomic E-state index is 12.4. The Morgan fingerprint density at radius 1 is 1.21 bits per heavy atom. The third kappa shape index (κ3) is 3.88. The van der Waals surface area contributed by atoms with Crippen molar-refractivity contribution >= 4 is 39.4 Å². The van der Waals surface area contributed by atoms with E-state index in [1.807, 2.05) is 13.0 Å². The summed E-state index contributed by atoms with van der Waals surface area (Å²) in [5.41, 5.74) is -0.480. The van der Waals surface area contributed by atoms with Crippen LogP contribution in [-0.2, 0) is 6.42 Å². The summed E-state index contributed by atoms with van der Waals surface area (Å²) in [5, 5.41) is 20.8. The van der Waals surface area contributed by atoms with Crippen LogP contribution in [0.25, 0.3) is 5.69 Å². The lowest BCUT2D eigenvalue weighted by molar-refractivity contribution is 0.429. The zero-order valence-corrected chi connectivity index (χ0v) is 17.0. The van der Waals surface area contributed by atoms with Gasteiger partial charge >= 0.3 is 5.69 Å². The number of benzene rings is 2. The van der Waals surface area contributed by atoms with Crippen LogP contribution < -0.4 is 11.2 Å². The monoisotopic (exact) mass is 463 g/mol. The Balaban J connectivity index is 2.19. The number of hydrogen-bond acceptors (Lipinski definition) is 5. The van der Waals surface area contributed by atoms with Crippen LogP contribution in [0.2, 0.25) is 5.02 Å². The Bertz CT molecular complexity index is 1200. The van der Waals surface area contributed by atoms with Gasteiger partial charge in [0.25, 0.3) is 5.56 Å². The Morgan fingerprint density at radius 3 is 2.68 bits per heavy atom. The standard InChI is InChI=1S/C19H15BrClN3O4/c1-2-10-7-11(20)3-5-15(10)24-18(27)13(17(26)23-19(24)28)9-22-14-8-12(21)4-6-16(14)25/h3-9,25,27H,2H2,1H3,(H,23,26,28). The van der Waals surface area contributed by atoms with Gasteiger partial charge in [-0.3, -0.25) is 14.8 Å². The second-order valence-electron chi connectivity index (χ2n) is 5.85. The number of aromatic hydroxyl groups is 2. The minimum absolute atomic E-state index is 0.113. The Morgan fingerprint density at radius 2 is 1.96 bits per heavy atom. The fraction of sp³-hybridized carbons (Fsp3) is 0.105. The summed E-state index contributed by atoms with van der Waals surface area (Å²) < 4.78 is 1.83. The maximum Gasteiger partial charge on any atom is 0.335 e. The number of nitrogens with one attached hydrogen (secondary N) is 1. The fourth-order valence-electron chi connectivity index (χ4n) is 2.67. The number of phenolic OH excluding ortho intramolecular Hbond substituents is 1. The Labute approximate surface area is 172 Å². The third-order valence-corrected chi connectivity index (χ3v) is 4.78. The van der Waals surface area contributed by atoms with Crippen LogP contribution in [0.5, 0.6) is 11.6 Å². The first kappa shape index (κ1) is 19.9. The number of halogens is 2. The summed E-state index contributed by atoms with van der Waals surface area (Å²) in [6.45, 7) is 1.91. The van der Waals surface area contributed by atoms with Gasteiger partial charge in [0.2, 0.25) is 5.88 Å². The molecule has 28 heavy (non-hydrogen) atoms. The van der Waals surface area contributed by atoms with Gasteiger partial charge in [0, 0.05) is 15.7 Å². The Kier molecular flexibility index (Phi) is 5.71. The van der Waals surface area contributed by atoms with Gasteiger partial charge in [-0.05, 0) is 48.4 Å². The number of H-pyrrole nitrogens is 1. The van der Waals surface area contributed by atoms with Crippen molar-refractivity contribution in [2.24, 2.45) is 4.99 Å². The molecule has 0 radical (unpaired) electrons. The summed E-state index contributed by atoms with van der Waals surface area (Å²) in [6, 6.07) is 9.45. The van der Waals surface area contributed by atoms with Gasteiger partial charge in [-0.15, -0.1) is 0 Å². The van der Waals surface area contributed by atoms with Crippen molar-refractivity contribution in [2.45, 2.75) is 13.3 Å². The first-order valence-electron chi connectivity index (χ1n) is 8.21. The smallest absolute Gasteiger partial charge is 0.335 e. The zero-order chi connectivity index (χ0) is 20.4. The zero-order valence-electron chi connectivity index (χ0n) is 14.6. The molecule has 1 heterocycles. The van der Waals surface area contributed by atoms with Gasteiger partial charge in [-0.25, -0.2) is 9.36 Å². The minimum Gasteiger partial charge on any atom is -0.506 e. The second kappa shape index (κ2) is 8.04. The average Bonchev–Trinajstić information content (AvgIpc) is 2.65. The van der Waals surface area contributed by atoms with Crippen molar-refractivity contribution in [3.05, 3.63) is 77.9 Å². The molecule has 0 unspecified atom stereocenters. The van der Waals surface area contributed by atoms with Crippen LogP contribution in [0, 0.1) is 0 Å². The van der Waals surface area contributed by atoms with Gasteiger partial charge in [0.15, 0.2) is 0 Å². The number of aromatic nitrogens is 2. The summed E-state index contributed by atoms with van der Waals surface area (Å²) in [5.74, 6) is -0.706. The average molecular weight is 465 g/mol. The highest BCUT2D eigenvalue weighted by Gasteiger charge is 2.16. The van der Waals surface area contributed by atoms with E-state index >= 15 is 0 Å². The van der Waals surface area contributed by atoms with Crippen molar-refractivity contribution < 1.29 is 10.2 Å². The summed E-state index contributed by atoms with van der Waals surface area (Å²) in [7, 11) is 0. The van der Waals surface area contributed by atoms with Crippen LogP contribution in [0.3, 0.4) is 0 Å². The number of rotatable bonds is 4. The normalized spacial score (nSPS) is 11.2. The highest BCUT2D eigenvalue weighted by atomic mass is 79.9. The van der Waals surface area contributed by atoms with E-state index in [-0.39, 0.29) is 17.0 Å². The molecule has 0 spiro atoms. The molecule has 3 aromatic rings. The molecule has 2 aromatic carbocycles. The molecule has 3 rings (SSSR count). The predicted octanol–water partition coefficient (Wildman–Crippen LogP) is 3.67. The molecule has 0 aliphatic carbocycles. The molecule has 0 amide bonds. The molecule has 7 nitrogen and oxygen atoms in total. The first-order chi connectivity index (χ1) is 13.3. The van der Waals surface area contributed by atoms with Crippen LogP contribution in [0.4, 0.5) is 5.69 Å². The lowest BCUT2D eigenvalue weighted by Gasteiger charge is -2.13. The van der Waals surface area contributed by atoms with Crippen molar-refractivity contribution in [1.82, 2.24) is 9.55 Å². The van der Waals surface area contributed by atoms with Crippen LogP contribution in [0.15, 0.2) is 55.5 Å². The largest absolute Gasteiger partial charge is 0.506 e. The van der Waals surface area contributed by atoms with Crippen molar-refractivity contribution in [2.75, 3.05) is 0 Å². The molecule has 144 valence electrons. The van der Waals surface area contributed by atoms with E-state index < -0.39 is 17.1 Å². The van der Waals surface area contributed by atoms with E-state index in [4.69, 9.17) is 11.6 Å². The fourth-order valence-corrected chi connectivity index (χ4v) is 3.24. The van der Waals surface area contributed by atoms with Gasteiger partial charge in [-0.2, -0.15) is 0 Å². The molecular weight excluding hydrogens is 450 g/mol. The van der Waals surface area contributed by atoms with Gasteiger partial charge in [0.1, 0.15) is 17.0 Å². The number of hydrogen-bond donors (Lipinski definition) is 3. The predicted molar refractivity (Wildman–Crippen MR) is 112 cm³/mol. The van der Waals surface area contributed by atoms with E-state index in [9.17, 15) is 19.8 Å². The van der Waals surface area contributed by atoms with E-state index in [2.05, 4.69) is 25.9 Å². The molecule has 0 aliphatic rings. The van der Waals surface area contributed by atoms with Crippen molar-refractivity contribution in [3.8, 4) is 17.3 Å². The first-order valence-corrected chi connectivity index (χ1v) is 9.38. The summed E-state index contributed by atoms with van der Waals surface area (Å²) >= 11 is 9.25. The molecular formula is C19H15BrClN3O4. The van der Waals surface area contributed by atoms with Crippen molar-refractivity contribution in [1.29, 1.82) is 0 Å². The van der Waals surface area contributed by atoms with Crippen molar-refractivity contribution in [3.63, 3.8) is 0 Å². The van der Waals surface area contributed by atoms with E-state index in [0.717, 1.165) is 20.8 Å². The minimum atomic E-state index is -0.806. The number of aliphatic imine (C=N–C) groups is 1. The second-order valence-corrected chi connectivity index (χ2v) is 7.20. The van der Waals surface area contributed by atoms with Crippen LogP contribution >= 0.6 is 27.5 Å². The molecule has 1 aromatic heterocycles. The molecule has 0 atom stereocenters. The number of nitrogens with zero attached hydrogens (tertiary/aromatic N) is 2. The van der Waals surface area contributed by atoms with E-state index in [1.165, 1.54) is 18.2 Å². The molecule has 0 fully saturated rings. The van der Waals surface area contributed by atoms with Gasteiger partial charge < -0.3 is 10.2 Å². The SMILES string of the molecule is CCc1cc(Br)ccc1-n1c(O)c(C=Nc2cc(Cl)ccc2O)c(=O)[nH]c1=O. The molecule has 9 heteroatoms. The van der Waals surface area contributed by atoms with Gasteiger partial charge in [-0.1, -0.05) is 34.5 Å². The quantitative estimate of drug-likeness (QED) is 0.512. The lowest BCUT2D eigenvalue weighted by Crippen LogP contribution is -2.31. The molecule has 0 saturated heterocycles. The van der Waals surface area contributed by atoms with E-state index in [0.29, 0.717) is 17.1 Å². The number of phenols is 1. The molecule has 0 aliphatic heterocycles. The van der Waals surface area contributed by atoms with Crippen LogP contribution in [0.1, 0.15) is 18.1 Å². The Hall–Kier alpha value is -2.84. The van der Waals surface area contributed by atoms with Crippen LogP contribution in [-0.4, -0.2) is 26.0 Å². The van der Waals surface area contributed by atoms with Gasteiger partial charge in [0.05, 0.1) is 5.69 Å². The van der Waals surface area contributed by atoms with E-state index in [1.54, 1.807) is 12.1 Å². The maximum absolute atomic E-state index is 12.4.